The van der Waals surface area contributed by atoms with Gasteiger partial charge in [0.15, 0.2) is 0 Å². The lowest BCUT2D eigenvalue weighted by Gasteiger charge is -2.07. The topological polar surface area (TPSA) is 113 Å². The lowest BCUT2D eigenvalue weighted by molar-refractivity contribution is -0.384. The minimum Gasteiger partial charge on any atom is -0.382 e. The maximum absolute atomic E-state index is 12.0. The van der Waals surface area contributed by atoms with Gasteiger partial charge in [-0.15, -0.1) is 0 Å². The first-order chi connectivity index (χ1) is 10.2. The smallest absolute Gasteiger partial charge is 0.313 e. The summed E-state index contributed by atoms with van der Waals surface area (Å²) in [4.78, 5) is 9.97. The molecular formula is C12H11ClN2O6S. The first-order valence-corrected chi connectivity index (χ1v) is 7.93. The third-order valence-corrected chi connectivity index (χ3v) is 4.23. The maximum atomic E-state index is 12.0. The van der Waals surface area contributed by atoms with Gasteiger partial charge in [0, 0.05) is 17.7 Å². The molecule has 2 rings (SSSR count). The highest BCUT2D eigenvalue weighted by molar-refractivity contribution is 7.86. The molecule has 0 unspecified atom stereocenters. The number of aryl methyl sites for hydroxylation is 2. The summed E-state index contributed by atoms with van der Waals surface area (Å²) < 4.78 is 33.8. The number of rotatable bonds is 5. The molecule has 0 radical (unpaired) electrons. The SMILES string of the molecule is Cc1noc(C)c1CS(=O)(=O)Oc1ccc([N+](=O)[O-])c(Cl)c1. The average Bonchev–Trinajstić information content (AvgIpc) is 2.69. The summed E-state index contributed by atoms with van der Waals surface area (Å²) in [6.07, 6.45) is 0. The van der Waals surface area contributed by atoms with E-state index in [9.17, 15) is 18.5 Å². The zero-order chi connectivity index (χ0) is 16.5. The highest BCUT2D eigenvalue weighted by atomic mass is 35.5. The third-order valence-electron chi connectivity index (χ3n) is 2.84. The van der Waals surface area contributed by atoms with Crippen molar-refractivity contribution in [1.82, 2.24) is 5.16 Å². The molecule has 0 N–H and O–H groups in total. The second kappa shape index (κ2) is 5.93. The average molecular weight is 347 g/mol. The predicted octanol–water partition coefficient (Wildman–Crippen LogP) is 2.76. The van der Waals surface area contributed by atoms with E-state index in [0.29, 0.717) is 17.0 Å². The highest BCUT2D eigenvalue weighted by Gasteiger charge is 2.21. The molecule has 10 heteroatoms. The summed E-state index contributed by atoms with van der Waals surface area (Å²) in [5, 5.41) is 14.1. The summed E-state index contributed by atoms with van der Waals surface area (Å²) in [5.74, 6) is -0.156. The molecule has 0 aliphatic rings. The minimum absolute atomic E-state index is 0.109. The molecule has 2 aromatic rings. The van der Waals surface area contributed by atoms with E-state index in [0.717, 1.165) is 18.2 Å². The van der Waals surface area contributed by atoms with E-state index in [4.69, 9.17) is 20.3 Å². The fourth-order valence-corrected chi connectivity index (χ4v) is 3.21. The van der Waals surface area contributed by atoms with Gasteiger partial charge < -0.3 is 8.71 Å². The molecule has 0 saturated carbocycles. The fourth-order valence-electron chi connectivity index (χ4n) is 1.75. The Morgan fingerprint density at radius 1 is 1.41 bits per heavy atom. The molecule has 0 aliphatic heterocycles. The van der Waals surface area contributed by atoms with Crippen molar-refractivity contribution in [3.8, 4) is 5.75 Å². The molecule has 0 saturated heterocycles. The second-order valence-corrected chi connectivity index (χ2v) is 6.44. The number of nitro benzene ring substituents is 1. The van der Waals surface area contributed by atoms with Crippen LogP contribution < -0.4 is 4.18 Å². The monoisotopic (exact) mass is 346 g/mol. The van der Waals surface area contributed by atoms with Crippen LogP contribution >= 0.6 is 11.6 Å². The molecule has 0 atom stereocenters. The quantitative estimate of drug-likeness (QED) is 0.464. The van der Waals surface area contributed by atoms with Crippen LogP contribution in [0.15, 0.2) is 22.7 Å². The third kappa shape index (κ3) is 3.55. The zero-order valence-electron chi connectivity index (χ0n) is 11.6. The minimum atomic E-state index is -3.98. The van der Waals surface area contributed by atoms with E-state index >= 15 is 0 Å². The van der Waals surface area contributed by atoms with Gasteiger partial charge in [0.2, 0.25) is 0 Å². The van der Waals surface area contributed by atoms with Crippen LogP contribution in [0.4, 0.5) is 5.69 Å². The van der Waals surface area contributed by atoms with Gasteiger partial charge in [-0.3, -0.25) is 10.1 Å². The number of benzene rings is 1. The fraction of sp³-hybridized carbons (Fsp3) is 0.250. The van der Waals surface area contributed by atoms with Crippen LogP contribution in [0.3, 0.4) is 0 Å². The predicted molar refractivity (Wildman–Crippen MR) is 77.3 cm³/mol. The number of nitro groups is 1. The van der Waals surface area contributed by atoms with Crippen molar-refractivity contribution in [2.45, 2.75) is 19.6 Å². The normalized spacial score (nSPS) is 11.4. The molecule has 118 valence electrons. The summed E-state index contributed by atoms with van der Waals surface area (Å²) in [5.41, 5.74) is 0.525. The van der Waals surface area contributed by atoms with Gasteiger partial charge in [0.1, 0.15) is 22.3 Å². The summed E-state index contributed by atoms with van der Waals surface area (Å²) in [6, 6.07) is 3.31. The Labute approximate surface area is 130 Å². The Kier molecular flexibility index (Phi) is 4.38. The molecular weight excluding hydrogens is 336 g/mol. The largest absolute Gasteiger partial charge is 0.382 e. The van der Waals surface area contributed by atoms with Crippen molar-refractivity contribution in [1.29, 1.82) is 0 Å². The molecule has 0 bridgehead atoms. The standard InChI is InChI=1S/C12H11ClN2O6S/c1-7-10(8(2)20-14-7)6-22(18,19)21-9-3-4-12(15(16)17)11(13)5-9/h3-5H,6H2,1-2H3. The van der Waals surface area contributed by atoms with Gasteiger partial charge in [-0.2, -0.15) is 8.42 Å². The Balaban J connectivity index is 2.22. The van der Waals surface area contributed by atoms with Crippen molar-refractivity contribution in [3.05, 3.63) is 50.4 Å². The highest BCUT2D eigenvalue weighted by Crippen LogP contribution is 2.29. The Bertz CT molecular complexity index is 811. The van der Waals surface area contributed by atoms with E-state index in [1.54, 1.807) is 13.8 Å². The van der Waals surface area contributed by atoms with Crippen LogP contribution in [0, 0.1) is 24.0 Å². The van der Waals surface area contributed by atoms with Crippen molar-refractivity contribution >= 4 is 27.4 Å². The van der Waals surface area contributed by atoms with Crippen LogP contribution in [0.1, 0.15) is 17.0 Å². The number of aromatic nitrogens is 1. The summed E-state index contributed by atoms with van der Waals surface area (Å²) in [6.45, 7) is 3.21. The first-order valence-electron chi connectivity index (χ1n) is 5.97. The van der Waals surface area contributed by atoms with E-state index in [-0.39, 0.29) is 16.5 Å². The summed E-state index contributed by atoms with van der Waals surface area (Å²) in [7, 11) is -3.98. The van der Waals surface area contributed by atoms with E-state index < -0.39 is 20.8 Å². The lowest BCUT2D eigenvalue weighted by atomic mass is 10.2. The molecule has 0 aliphatic carbocycles. The number of halogens is 1. The number of hydrogen-bond acceptors (Lipinski definition) is 7. The molecule has 0 fully saturated rings. The van der Waals surface area contributed by atoms with E-state index in [1.165, 1.54) is 0 Å². The number of hydrogen-bond donors (Lipinski definition) is 0. The van der Waals surface area contributed by atoms with Gasteiger partial charge in [-0.05, 0) is 19.9 Å². The molecule has 1 aromatic carbocycles. The van der Waals surface area contributed by atoms with Crippen molar-refractivity contribution in [2.75, 3.05) is 0 Å². The zero-order valence-corrected chi connectivity index (χ0v) is 13.1. The molecule has 0 spiro atoms. The van der Waals surface area contributed by atoms with Crippen LogP contribution in [0.5, 0.6) is 5.75 Å². The van der Waals surface area contributed by atoms with E-state index in [1.807, 2.05) is 0 Å². The van der Waals surface area contributed by atoms with Crippen LogP contribution in [0.2, 0.25) is 5.02 Å². The van der Waals surface area contributed by atoms with Crippen molar-refractivity contribution < 1.29 is 22.0 Å². The van der Waals surface area contributed by atoms with Gasteiger partial charge in [-0.25, -0.2) is 0 Å². The summed E-state index contributed by atoms with van der Waals surface area (Å²) >= 11 is 5.70. The Morgan fingerprint density at radius 2 is 2.09 bits per heavy atom. The van der Waals surface area contributed by atoms with Gasteiger partial charge in [0.05, 0.1) is 10.6 Å². The number of nitrogens with zero attached hydrogens (tertiary/aromatic N) is 2. The van der Waals surface area contributed by atoms with Crippen molar-refractivity contribution in [2.24, 2.45) is 0 Å². The van der Waals surface area contributed by atoms with Gasteiger partial charge >= 0.3 is 10.1 Å². The Hall–Kier alpha value is -2.13. The molecule has 8 nitrogen and oxygen atoms in total. The molecule has 1 aromatic heterocycles. The van der Waals surface area contributed by atoms with Crippen LogP contribution in [-0.4, -0.2) is 18.5 Å². The maximum Gasteiger partial charge on any atom is 0.313 e. The van der Waals surface area contributed by atoms with Crippen LogP contribution in [0.25, 0.3) is 0 Å². The molecule has 22 heavy (non-hydrogen) atoms. The molecule has 0 amide bonds. The van der Waals surface area contributed by atoms with Crippen LogP contribution in [-0.2, 0) is 15.9 Å². The second-order valence-electron chi connectivity index (χ2n) is 4.46. The Morgan fingerprint density at radius 3 is 2.59 bits per heavy atom. The first kappa shape index (κ1) is 16.2. The van der Waals surface area contributed by atoms with E-state index in [2.05, 4.69) is 5.16 Å². The van der Waals surface area contributed by atoms with Gasteiger partial charge in [-0.1, -0.05) is 16.8 Å². The lowest BCUT2D eigenvalue weighted by Crippen LogP contribution is -2.13. The van der Waals surface area contributed by atoms with Gasteiger partial charge in [0.25, 0.3) is 5.69 Å². The van der Waals surface area contributed by atoms with Crippen molar-refractivity contribution in [3.63, 3.8) is 0 Å². The molecule has 1 heterocycles.